The smallest absolute Gasteiger partial charge is 0.168 e. The lowest BCUT2D eigenvalue weighted by atomic mass is 10.2. The van der Waals surface area contributed by atoms with E-state index in [1.54, 1.807) is 18.2 Å². The van der Waals surface area contributed by atoms with Gasteiger partial charge in [0.15, 0.2) is 11.6 Å². The Morgan fingerprint density at radius 2 is 1.88 bits per heavy atom. The van der Waals surface area contributed by atoms with Crippen LogP contribution in [0.25, 0.3) is 0 Å². The summed E-state index contributed by atoms with van der Waals surface area (Å²) < 4.78 is 31.3. The average Bonchev–Trinajstić information content (AvgIpc) is 2.33. The van der Waals surface area contributed by atoms with E-state index in [4.69, 9.17) is 16.3 Å². The van der Waals surface area contributed by atoms with Gasteiger partial charge < -0.3 is 4.74 Å². The van der Waals surface area contributed by atoms with E-state index in [1.165, 1.54) is 6.07 Å². The summed E-state index contributed by atoms with van der Waals surface area (Å²) in [6.07, 6.45) is 0. The molecule has 17 heavy (non-hydrogen) atoms. The van der Waals surface area contributed by atoms with E-state index in [-0.39, 0.29) is 5.75 Å². The van der Waals surface area contributed by atoms with E-state index < -0.39 is 11.6 Å². The Morgan fingerprint density at radius 1 is 1.06 bits per heavy atom. The summed E-state index contributed by atoms with van der Waals surface area (Å²) in [6.45, 7) is 0. The third-order valence-corrected chi connectivity index (χ3v) is 2.48. The summed E-state index contributed by atoms with van der Waals surface area (Å²) in [5.41, 5.74) is 0.867. The Morgan fingerprint density at radius 3 is 2.59 bits per heavy atom. The quantitative estimate of drug-likeness (QED) is 0.733. The molecule has 0 aliphatic carbocycles. The van der Waals surface area contributed by atoms with Crippen molar-refractivity contribution in [2.24, 2.45) is 0 Å². The van der Waals surface area contributed by atoms with Crippen LogP contribution < -0.4 is 4.74 Å². The van der Waals surface area contributed by atoms with Gasteiger partial charge in [0.1, 0.15) is 11.6 Å². The second kappa shape index (κ2) is 5.15. The molecule has 0 atom stereocenters. The van der Waals surface area contributed by atoms with Crippen molar-refractivity contribution in [2.45, 2.75) is 5.88 Å². The largest absolute Gasteiger partial charge is 0.454 e. The molecule has 4 heteroatoms. The van der Waals surface area contributed by atoms with Crippen molar-refractivity contribution in [1.29, 1.82) is 0 Å². The van der Waals surface area contributed by atoms with Crippen molar-refractivity contribution >= 4 is 11.6 Å². The first-order chi connectivity index (χ1) is 8.19. The van der Waals surface area contributed by atoms with Gasteiger partial charge in [0, 0.05) is 11.9 Å². The zero-order valence-corrected chi connectivity index (χ0v) is 9.55. The van der Waals surface area contributed by atoms with Crippen molar-refractivity contribution in [1.82, 2.24) is 0 Å². The summed E-state index contributed by atoms with van der Waals surface area (Å²) in [7, 11) is 0. The Hall–Kier alpha value is -1.61. The molecule has 0 saturated heterocycles. The molecular weight excluding hydrogens is 246 g/mol. The van der Waals surface area contributed by atoms with Gasteiger partial charge in [-0.15, -0.1) is 11.6 Å². The maximum atomic E-state index is 13.3. The van der Waals surface area contributed by atoms with E-state index in [1.807, 2.05) is 6.07 Å². The monoisotopic (exact) mass is 254 g/mol. The standard InChI is InChI=1S/C13H9ClF2O/c14-8-9-2-1-3-11(6-9)17-13-5-4-10(15)7-12(13)16/h1-7H,8H2. The van der Waals surface area contributed by atoms with Gasteiger partial charge in [-0.2, -0.15) is 0 Å². The molecule has 2 aromatic rings. The van der Waals surface area contributed by atoms with Crippen LogP contribution in [0.15, 0.2) is 42.5 Å². The third-order valence-electron chi connectivity index (χ3n) is 2.17. The summed E-state index contributed by atoms with van der Waals surface area (Å²) in [6, 6.07) is 10.1. The molecule has 0 bridgehead atoms. The van der Waals surface area contributed by atoms with Crippen LogP contribution in [-0.4, -0.2) is 0 Å². The number of hydrogen-bond donors (Lipinski definition) is 0. The number of halogens is 3. The highest BCUT2D eigenvalue weighted by atomic mass is 35.5. The predicted octanol–water partition coefficient (Wildman–Crippen LogP) is 4.50. The Bertz CT molecular complexity index is 529. The van der Waals surface area contributed by atoms with Crippen LogP contribution in [0.3, 0.4) is 0 Å². The molecule has 0 aliphatic heterocycles. The molecule has 2 aromatic carbocycles. The van der Waals surface area contributed by atoms with E-state index in [2.05, 4.69) is 0 Å². The highest BCUT2D eigenvalue weighted by molar-refractivity contribution is 6.17. The minimum absolute atomic E-state index is 0.0156. The van der Waals surface area contributed by atoms with Gasteiger partial charge in [-0.3, -0.25) is 0 Å². The molecule has 0 amide bonds. The van der Waals surface area contributed by atoms with Crippen LogP contribution >= 0.6 is 11.6 Å². The predicted molar refractivity (Wildman–Crippen MR) is 62.4 cm³/mol. The second-order valence-electron chi connectivity index (χ2n) is 3.46. The van der Waals surface area contributed by atoms with Gasteiger partial charge in [0.05, 0.1) is 0 Å². The molecule has 0 unspecified atom stereocenters. The minimum atomic E-state index is -0.735. The lowest BCUT2D eigenvalue weighted by Crippen LogP contribution is -1.90. The van der Waals surface area contributed by atoms with E-state index in [9.17, 15) is 8.78 Å². The zero-order chi connectivity index (χ0) is 12.3. The topological polar surface area (TPSA) is 9.23 Å². The van der Waals surface area contributed by atoms with Gasteiger partial charge in [0.2, 0.25) is 0 Å². The summed E-state index contributed by atoms with van der Waals surface area (Å²) in [4.78, 5) is 0. The van der Waals surface area contributed by atoms with Crippen LogP contribution in [0.4, 0.5) is 8.78 Å². The lowest BCUT2D eigenvalue weighted by molar-refractivity contribution is 0.437. The van der Waals surface area contributed by atoms with Gasteiger partial charge in [-0.25, -0.2) is 8.78 Å². The number of ether oxygens (including phenoxy) is 1. The Kier molecular flexibility index (Phi) is 3.59. The molecule has 1 nitrogen and oxygen atoms in total. The van der Waals surface area contributed by atoms with Crippen molar-refractivity contribution < 1.29 is 13.5 Å². The van der Waals surface area contributed by atoms with Crippen LogP contribution in [0.5, 0.6) is 11.5 Å². The molecule has 2 rings (SSSR count). The van der Waals surface area contributed by atoms with Crippen molar-refractivity contribution in [3.05, 3.63) is 59.7 Å². The van der Waals surface area contributed by atoms with Crippen molar-refractivity contribution in [3.8, 4) is 11.5 Å². The van der Waals surface area contributed by atoms with Gasteiger partial charge >= 0.3 is 0 Å². The summed E-state index contributed by atoms with van der Waals surface area (Å²) in [5.74, 6) is -0.569. The van der Waals surface area contributed by atoms with Crippen LogP contribution in [0.1, 0.15) is 5.56 Å². The number of alkyl halides is 1. The molecular formula is C13H9ClF2O. The van der Waals surface area contributed by atoms with Crippen LogP contribution in [0, 0.1) is 11.6 Å². The normalized spacial score (nSPS) is 10.3. The molecule has 0 radical (unpaired) electrons. The number of rotatable bonds is 3. The van der Waals surface area contributed by atoms with Gasteiger partial charge in [-0.05, 0) is 29.8 Å². The Labute approximate surface area is 103 Å². The molecule has 0 spiro atoms. The second-order valence-corrected chi connectivity index (χ2v) is 3.73. The average molecular weight is 255 g/mol. The molecule has 88 valence electrons. The number of benzene rings is 2. The Balaban J connectivity index is 2.25. The minimum Gasteiger partial charge on any atom is -0.454 e. The maximum absolute atomic E-state index is 13.3. The number of hydrogen-bond acceptors (Lipinski definition) is 1. The van der Waals surface area contributed by atoms with Crippen molar-refractivity contribution in [3.63, 3.8) is 0 Å². The third kappa shape index (κ3) is 2.94. The molecule has 0 aliphatic rings. The maximum Gasteiger partial charge on any atom is 0.168 e. The van der Waals surface area contributed by atoms with Gasteiger partial charge in [0.25, 0.3) is 0 Å². The highest BCUT2D eigenvalue weighted by Gasteiger charge is 2.06. The van der Waals surface area contributed by atoms with E-state index in [0.29, 0.717) is 11.6 Å². The fraction of sp³-hybridized carbons (Fsp3) is 0.0769. The first-order valence-electron chi connectivity index (χ1n) is 4.97. The fourth-order valence-corrected chi connectivity index (χ4v) is 1.54. The molecule has 0 N–H and O–H groups in total. The van der Waals surface area contributed by atoms with Crippen molar-refractivity contribution in [2.75, 3.05) is 0 Å². The van der Waals surface area contributed by atoms with E-state index in [0.717, 1.165) is 17.7 Å². The molecule has 0 heterocycles. The van der Waals surface area contributed by atoms with Crippen LogP contribution in [-0.2, 0) is 5.88 Å². The first-order valence-corrected chi connectivity index (χ1v) is 5.50. The fourth-order valence-electron chi connectivity index (χ4n) is 1.38. The highest BCUT2D eigenvalue weighted by Crippen LogP contribution is 2.25. The molecule has 0 aromatic heterocycles. The molecule has 0 saturated carbocycles. The molecule has 0 fully saturated rings. The SMILES string of the molecule is Fc1ccc(Oc2cccc(CCl)c2)c(F)c1. The van der Waals surface area contributed by atoms with E-state index >= 15 is 0 Å². The summed E-state index contributed by atoms with van der Waals surface area (Å²) >= 11 is 5.67. The summed E-state index contributed by atoms with van der Waals surface area (Å²) in [5, 5.41) is 0. The van der Waals surface area contributed by atoms with Gasteiger partial charge in [-0.1, -0.05) is 12.1 Å². The first kappa shape index (κ1) is 11.9. The van der Waals surface area contributed by atoms with Crippen LogP contribution in [0.2, 0.25) is 0 Å². The zero-order valence-electron chi connectivity index (χ0n) is 8.79. The lowest BCUT2D eigenvalue weighted by Gasteiger charge is -2.07.